The van der Waals surface area contributed by atoms with Gasteiger partial charge in [0.1, 0.15) is 16.8 Å². The van der Waals surface area contributed by atoms with Crippen LogP contribution in [0.4, 0.5) is 8.78 Å². The number of halogens is 3. The summed E-state index contributed by atoms with van der Waals surface area (Å²) in [5.41, 5.74) is 1.04. The van der Waals surface area contributed by atoms with Gasteiger partial charge in [-0.2, -0.15) is 5.10 Å². The highest BCUT2D eigenvalue weighted by molar-refractivity contribution is 6.29. The second-order valence-corrected chi connectivity index (χ2v) is 8.54. The number of nitrogens with one attached hydrogen (secondary N) is 1. The molecule has 0 aliphatic rings. The smallest absolute Gasteiger partial charge is 0.273 e. The first-order valence-electron chi connectivity index (χ1n) is 10.6. The molecule has 0 spiro atoms. The maximum atomic E-state index is 14.1. The predicted octanol–water partition coefficient (Wildman–Crippen LogP) is 4.45. The molecular weight excluding hydrogens is 480 g/mol. The normalized spacial score (nSPS) is 12.9. The first-order chi connectivity index (χ1) is 16.6. The molecule has 35 heavy (non-hydrogen) atoms. The van der Waals surface area contributed by atoms with Crippen LogP contribution in [0.2, 0.25) is 5.15 Å². The average molecular weight is 502 g/mol. The number of methoxy groups -OCH3 is 1. The van der Waals surface area contributed by atoms with Crippen LogP contribution in [-0.4, -0.2) is 39.5 Å². The third-order valence-electron chi connectivity index (χ3n) is 5.74. The Morgan fingerprint density at radius 3 is 2.71 bits per heavy atom. The molecule has 0 saturated heterocycles. The highest BCUT2D eigenvalue weighted by Gasteiger charge is 2.38. The van der Waals surface area contributed by atoms with Crippen LogP contribution < -0.4 is 10.1 Å². The topological polar surface area (TPSA) is 95.1 Å². The van der Waals surface area contributed by atoms with Crippen molar-refractivity contribution in [1.82, 2.24) is 25.2 Å². The summed E-state index contributed by atoms with van der Waals surface area (Å²) >= 11 is 6.17. The summed E-state index contributed by atoms with van der Waals surface area (Å²) < 4.78 is 39.7. The third-order valence-corrected chi connectivity index (χ3v) is 5.95. The Kier molecular flexibility index (Phi) is 6.58. The summed E-state index contributed by atoms with van der Waals surface area (Å²) in [6.07, 6.45) is 0. The van der Waals surface area contributed by atoms with Crippen molar-refractivity contribution in [2.75, 3.05) is 13.7 Å². The summed E-state index contributed by atoms with van der Waals surface area (Å²) in [4.78, 5) is 17.4. The molecule has 11 heteroatoms. The van der Waals surface area contributed by atoms with Gasteiger partial charge in [0, 0.05) is 25.7 Å². The quantitative estimate of drug-likeness (QED) is 0.376. The molecule has 3 aromatic heterocycles. The fraction of sp³-hybridized carbons (Fsp3) is 0.250. The van der Waals surface area contributed by atoms with Gasteiger partial charge in [-0.1, -0.05) is 22.8 Å². The van der Waals surface area contributed by atoms with Gasteiger partial charge in [0.2, 0.25) is 5.88 Å². The fourth-order valence-corrected chi connectivity index (χ4v) is 4.24. The fourth-order valence-electron chi connectivity index (χ4n) is 4.08. The Labute approximate surface area is 204 Å². The van der Waals surface area contributed by atoms with E-state index in [0.29, 0.717) is 22.4 Å². The van der Waals surface area contributed by atoms with Crippen molar-refractivity contribution in [1.29, 1.82) is 0 Å². The van der Waals surface area contributed by atoms with Gasteiger partial charge in [0.25, 0.3) is 5.91 Å². The monoisotopic (exact) mass is 501 g/mol. The zero-order chi connectivity index (χ0) is 25.3. The van der Waals surface area contributed by atoms with Crippen LogP contribution in [0.3, 0.4) is 0 Å². The molecule has 1 N–H and O–H groups in total. The number of rotatable bonds is 7. The summed E-state index contributed by atoms with van der Waals surface area (Å²) in [7, 11) is 3.29. The van der Waals surface area contributed by atoms with E-state index in [-0.39, 0.29) is 23.6 Å². The van der Waals surface area contributed by atoms with E-state index in [1.165, 1.54) is 19.2 Å². The summed E-state index contributed by atoms with van der Waals surface area (Å²) in [6, 6.07) is 9.55. The van der Waals surface area contributed by atoms with Gasteiger partial charge >= 0.3 is 0 Å². The van der Waals surface area contributed by atoms with E-state index in [1.807, 2.05) is 13.8 Å². The van der Waals surface area contributed by atoms with Crippen LogP contribution in [0.1, 0.15) is 34.4 Å². The Balaban J connectivity index is 1.66. The zero-order valence-corrected chi connectivity index (χ0v) is 20.2. The second kappa shape index (κ2) is 9.46. The van der Waals surface area contributed by atoms with Crippen molar-refractivity contribution >= 4 is 17.5 Å². The van der Waals surface area contributed by atoms with E-state index in [1.54, 1.807) is 29.9 Å². The Hall–Kier alpha value is -3.79. The SMILES string of the molecule is COc1c(C(C)(CNC(=O)c2cc(-c3ccc(F)cc3F)on2)c2cccc(Cl)n2)c(C)nn1C. The maximum absolute atomic E-state index is 14.1. The van der Waals surface area contributed by atoms with Gasteiger partial charge < -0.3 is 14.6 Å². The highest BCUT2D eigenvalue weighted by Crippen LogP contribution is 2.39. The largest absolute Gasteiger partial charge is 0.481 e. The molecule has 0 aliphatic carbocycles. The van der Waals surface area contributed by atoms with E-state index >= 15 is 0 Å². The van der Waals surface area contributed by atoms with E-state index in [2.05, 4.69) is 20.6 Å². The van der Waals surface area contributed by atoms with Gasteiger partial charge in [0.15, 0.2) is 11.5 Å². The van der Waals surface area contributed by atoms with Crippen LogP contribution in [0, 0.1) is 18.6 Å². The summed E-state index contributed by atoms with van der Waals surface area (Å²) in [5, 5.41) is 11.3. The standard InChI is InChI=1S/C24H22ClF2N5O3/c1-13-21(23(34-4)32(3)30-13)24(2,19-6-5-7-20(25)29-19)12-28-22(33)17-11-18(35-31-17)15-9-8-14(26)10-16(15)27/h5-11H,12H2,1-4H3,(H,28,33). The minimum atomic E-state index is -0.889. The third kappa shape index (κ3) is 4.61. The van der Waals surface area contributed by atoms with Crippen LogP contribution >= 0.6 is 11.6 Å². The summed E-state index contributed by atoms with van der Waals surface area (Å²) in [6.45, 7) is 3.80. The molecule has 182 valence electrons. The maximum Gasteiger partial charge on any atom is 0.273 e. The Morgan fingerprint density at radius 1 is 1.26 bits per heavy atom. The van der Waals surface area contributed by atoms with Crippen LogP contribution in [0.15, 0.2) is 47.0 Å². The van der Waals surface area contributed by atoms with Gasteiger partial charge in [0.05, 0.1) is 35.0 Å². The molecule has 8 nitrogen and oxygen atoms in total. The molecule has 1 unspecified atom stereocenters. The molecule has 0 radical (unpaired) electrons. The van der Waals surface area contributed by atoms with E-state index in [0.717, 1.165) is 17.7 Å². The van der Waals surface area contributed by atoms with Gasteiger partial charge in [-0.05, 0) is 38.1 Å². The number of carbonyl (C=O) groups excluding carboxylic acids is 1. The molecule has 0 saturated carbocycles. The number of hydrogen-bond donors (Lipinski definition) is 1. The number of nitrogens with zero attached hydrogens (tertiary/aromatic N) is 4. The molecule has 0 bridgehead atoms. The van der Waals surface area contributed by atoms with Crippen molar-refractivity contribution in [3.63, 3.8) is 0 Å². The van der Waals surface area contributed by atoms with Crippen molar-refractivity contribution in [2.24, 2.45) is 7.05 Å². The van der Waals surface area contributed by atoms with E-state index in [4.69, 9.17) is 20.9 Å². The van der Waals surface area contributed by atoms with Crippen LogP contribution in [0.25, 0.3) is 11.3 Å². The molecule has 0 aliphatic heterocycles. The molecule has 3 heterocycles. The lowest BCUT2D eigenvalue weighted by atomic mass is 9.78. The first kappa shape index (κ1) is 24.3. The van der Waals surface area contributed by atoms with Crippen molar-refractivity contribution in [2.45, 2.75) is 19.3 Å². The lowest BCUT2D eigenvalue weighted by Crippen LogP contribution is -2.41. The lowest BCUT2D eigenvalue weighted by molar-refractivity contribution is 0.0937. The van der Waals surface area contributed by atoms with E-state index < -0.39 is 23.0 Å². The van der Waals surface area contributed by atoms with E-state index in [9.17, 15) is 13.6 Å². The van der Waals surface area contributed by atoms with Crippen molar-refractivity contribution < 1.29 is 22.8 Å². The number of pyridine rings is 1. The second-order valence-electron chi connectivity index (χ2n) is 8.15. The lowest BCUT2D eigenvalue weighted by Gasteiger charge is -2.30. The molecule has 4 aromatic rings. The minimum Gasteiger partial charge on any atom is -0.481 e. The van der Waals surface area contributed by atoms with Crippen LogP contribution in [0.5, 0.6) is 5.88 Å². The number of benzene rings is 1. The molecule has 0 fully saturated rings. The number of hydrogen-bond acceptors (Lipinski definition) is 6. The predicted molar refractivity (Wildman–Crippen MR) is 124 cm³/mol. The number of carbonyl (C=O) groups is 1. The van der Waals surface area contributed by atoms with Gasteiger partial charge in [-0.25, -0.2) is 18.4 Å². The molecule has 1 atom stereocenters. The average Bonchev–Trinajstić information content (AvgIpc) is 3.41. The first-order valence-corrected chi connectivity index (χ1v) is 10.9. The molecule has 1 aromatic carbocycles. The Bertz CT molecular complexity index is 1400. The highest BCUT2D eigenvalue weighted by atomic mass is 35.5. The van der Waals surface area contributed by atoms with Gasteiger partial charge in [-0.15, -0.1) is 0 Å². The number of aromatic nitrogens is 4. The zero-order valence-electron chi connectivity index (χ0n) is 19.4. The van der Waals surface area contributed by atoms with Crippen LogP contribution in [-0.2, 0) is 12.5 Å². The molecular formula is C24H22ClF2N5O3. The van der Waals surface area contributed by atoms with Crippen molar-refractivity contribution in [3.05, 3.63) is 81.9 Å². The molecule has 4 rings (SSSR count). The number of aryl methyl sites for hydroxylation is 2. The summed E-state index contributed by atoms with van der Waals surface area (Å²) in [5.74, 6) is -1.60. The molecule has 1 amide bonds. The van der Waals surface area contributed by atoms with Gasteiger partial charge in [-0.3, -0.25) is 4.79 Å². The number of amides is 1. The number of ether oxygens (including phenoxy) is 1. The van der Waals surface area contributed by atoms with Crippen molar-refractivity contribution in [3.8, 4) is 17.2 Å². The minimum absolute atomic E-state index is 0.00306. The Morgan fingerprint density at radius 2 is 2.03 bits per heavy atom.